The van der Waals surface area contributed by atoms with E-state index in [2.05, 4.69) is 0 Å². The fourth-order valence-corrected chi connectivity index (χ4v) is 0.875. The number of aliphatic carboxylic acids is 1. The largest absolute Gasteiger partial charge is 0.504 e. The molecule has 0 aromatic heterocycles. The van der Waals surface area contributed by atoms with Crippen molar-refractivity contribution in [1.29, 1.82) is 0 Å². The molecule has 16 heavy (non-hydrogen) atoms. The molecular weight excluding hydrogens is 212 g/mol. The quantitative estimate of drug-likeness (QED) is 0.766. The van der Waals surface area contributed by atoms with Gasteiger partial charge < -0.3 is 14.9 Å². The summed E-state index contributed by atoms with van der Waals surface area (Å²) in [5, 5.41) is 16.6. The van der Waals surface area contributed by atoms with E-state index in [1.54, 1.807) is 0 Å². The summed E-state index contributed by atoms with van der Waals surface area (Å²) in [7, 11) is 0. The predicted molar refractivity (Wildman–Crippen MR) is 58.0 cm³/mol. The van der Waals surface area contributed by atoms with Gasteiger partial charge in [-0.2, -0.15) is 0 Å². The van der Waals surface area contributed by atoms with Gasteiger partial charge in [-0.25, -0.2) is 0 Å². The van der Waals surface area contributed by atoms with Crippen molar-refractivity contribution in [2.75, 3.05) is 6.61 Å². The Balaban J connectivity index is 0.000000487. The van der Waals surface area contributed by atoms with Crippen LogP contribution in [0.1, 0.15) is 24.2 Å². The molecule has 0 atom stereocenters. The second-order valence-electron chi connectivity index (χ2n) is 2.80. The summed E-state index contributed by atoms with van der Waals surface area (Å²) in [6.45, 7) is 3.36. The molecule has 0 unspecified atom stereocenters. The van der Waals surface area contributed by atoms with Gasteiger partial charge in [0.05, 0.1) is 6.61 Å². The lowest BCUT2D eigenvalue weighted by Gasteiger charge is -2.04. The summed E-state index contributed by atoms with van der Waals surface area (Å²) in [6, 6.07) is 4.48. The monoisotopic (exact) mass is 226 g/mol. The second kappa shape index (κ2) is 7.28. The van der Waals surface area contributed by atoms with Crippen LogP contribution in [0.3, 0.4) is 0 Å². The van der Waals surface area contributed by atoms with Crippen LogP contribution in [0.2, 0.25) is 0 Å². The summed E-state index contributed by atoms with van der Waals surface area (Å²) >= 11 is 0. The van der Waals surface area contributed by atoms with Gasteiger partial charge in [0.25, 0.3) is 5.97 Å². The Bertz CT molecular complexity index is 355. The van der Waals surface area contributed by atoms with E-state index < -0.39 is 5.97 Å². The molecule has 0 aliphatic carbocycles. The number of rotatable bonds is 3. The molecule has 5 heteroatoms. The maximum Gasteiger partial charge on any atom is 0.300 e. The van der Waals surface area contributed by atoms with E-state index in [1.807, 2.05) is 6.92 Å². The molecule has 0 fully saturated rings. The van der Waals surface area contributed by atoms with Crippen LogP contribution >= 0.6 is 0 Å². The minimum absolute atomic E-state index is 0.0578. The minimum atomic E-state index is -0.833. The molecule has 88 valence electrons. The third-order valence-corrected chi connectivity index (χ3v) is 1.42. The van der Waals surface area contributed by atoms with Crippen molar-refractivity contribution in [1.82, 2.24) is 0 Å². The SMILES string of the molecule is CC(=O)O.CCOc1cc(C=O)ccc1O. The number of carboxylic acids is 1. The number of aromatic hydroxyl groups is 1. The van der Waals surface area contributed by atoms with Crippen molar-refractivity contribution < 1.29 is 24.5 Å². The van der Waals surface area contributed by atoms with Crippen LogP contribution in [0.25, 0.3) is 0 Å². The molecule has 0 radical (unpaired) electrons. The third-order valence-electron chi connectivity index (χ3n) is 1.42. The molecule has 0 aliphatic heterocycles. The first kappa shape index (κ1) is 14.0. The maximum absolute atomic E-state index is 10.3. The van der Waals surface area contributed by atoms with Crippen LogP contribution in [0.4, 0.5) is 0 Å². The summed E-state index contributed by atoms with van der Waals surface area (Å²) in [6.07, 6.45) is 0.710. The average molecular weight is 226 g/mol. The van der Waals surface area contributed by atoms with Gasteiger partial charge in [0.1, 0.15) is 6.29 Å². The number of hydrogen-bond acceptors (Lipinski definition) is 4. The molecule has 1 aromatic rings. The van der Waals surface area contributed by atoms with E-state index in [9.17, 15) is 9.90 Å². The number of phenols is 1. The topological polar surface area (TPSA) is 83.8 Å². The Morgan fingerprint density at radius 2 is 2.06 bits per heavy atom. The van der Waals surface area contributed by atoms with Crippen LogP contribution < -0.4 is 4.74 Å². The second-order valence-corrected chi connectivity index (χ2v) is 2.80. The zero-order valence-electron chi connectivity index (χ0n) is 9.14. The number of hydrogen-bond donors (Lipinski definition) is 2. The molecule has 0 bridgehead atoms. The smallest absolute Gasteiger partial charge is 0.300 e. The highest BCUT2D eigenvalue weighted by molar-refractivity contribution is 5.76. The van der Waals surface area contributed by atoms with Crippen LogP contribution in [0.5, 0.6) is 11.5 Å². The molecule has 0 aliphatic rings. The summed E-state index contributed by atoms with van der Waals surface area (Å²) in [5.41, 5.74) is 0.497. The van der Waals surface area contributed by atoms with Crippen LogP contribution in [0, 0.1) is 0 Å². The Labute approximate surface area is 93.3 Å². The minimum Gasteiger partial charge on any atom is -0.504 e. The predicted octanol–water partition coefficient (Wildman–Crippen LogP) is 1.69. The Kier molecular flexibility index (Phi) is 6.35. The van der Waals surface area contributed by atoms with Crippen molar-refractivity contribution in [2.45, 2.75) is 13.8 Å². The molecule has 5 nitrogen and oxygen atoms in total. The summed E-state index contributed by atoms with van der Waals surface area (Å²) in [4.78, 5) is 19.3. The molecule has 0 saturated heterocycles. The summed E-state index contributed by atoms with van der Waals surface area (Å²) < 4.78 is 5.07. The lowest BCUT2D eigenvalue weighted by Crippen LogP contribution is -1.92. The van der Waals surface area contributed by atoms with E-state index in [-0.39, 0.29) is 5.75 Å². The lowest BCUT2D eigenvalue weighted by atomic mass is 10.2. The fourth-order valence-electron chi connectivity index (χ4n) is 0.875. The number of benzene rings is 1. The zero-order chi connectivity index (χ0) is 12.6. The first-order chi connectivity index (χ1) is 7.51. The van der Waals surface area contributed by atoms with E-state index in [1.165, 1.54) is 18.2 Å². The molecule has 0 spiro atoms. The number of carbonyl (C=O) groups is 2. The van der Waals surface area contributed by atoms with Crippen LogP contribution in [0.15, 0.2) is 18.2 Å². The fraction of sp³-hybridized carbons (Fsp3) is 0.273. The Morgan fingerprint density at radius 1 is 1.50 bits per heavy atom. The lowest BCUT2D eigenvalue weighted by molar-refractivity contribution is -0.134. The van der Waals surface area contributed by atoms with Crippen molar-refractivity contribution >= 4 is 12.3 Å². The van der Waals surface area contributed by atoms with Gasteiger partial charge in [0.2, 0.25) is 0 Å². The summed E-state index contributed by atoms with van der Waals surface area (Å²) in [5.74, 6) is -0.426. The number of phenolic OH excluding ortho intramolecular Hbond substituents is 1. The number of carboxylic acid groups (broad SMARTS) is 1. The third kappa shape index (κ3) is 5.64. The highest BCUT2D eigenvalue weighted by Gasteiger charge is 2.01. The molecule has 1 aromatic carbocycles. The van der Waals surface area contributed by atoms with Gasteiger partial charge in [-0.05, 0) is 25.1 Å². The Hall–Kier alpha value is -2.04. The van der Waals surface area contributed by atoms with Crippen molar-refractivity contribution in [3.05, 3.63) is 23.8 Å². The van der Waals surface area contributed by atoms with Gasteiger partial charge in [-0.1, -0.05) is 0 Å². The van der Waals surface area contributed by atoms with Crippen LogP contribution in [-0.2, 0) is 4.79 Å². The Morgan fingerprint density at radius 3 is 2.50 bits per heavy atom. The van der Waals surface area contributed by atoms with Gasteiger partial charge in [-0.15, -0.1) is 0 Å². The van der Waals surface area contributed by atoms with E-state index >= 15 is 0 Å². The first-order valence-electron chi connectivity index (χ1n) is 4.61. The maximum atomic E-state index is 10.3. The van der Waals surface area contributed by atoms with Crippen molar-refractivity contribution in [2.24, 2.45) is 0 Å². The van der Waals surface area contributed by atoms with Gasteiger partial charge in [0.15, 0.2) is 11.5 Å². The van der Waals surface area contributed by atoms with Gasteiger partial charge in [-0.3, -0.25) is 9.59 Å². The number of ether oxygens (including phenoxy) is 1. The molecule has 1 rings (SSSR count). The van der Waals surface area contributed by atoms with Crippen molar-refractivity contribution in [3.63, 3.8) is 0 Å². The van der Waals surface area contributed by atoms with Gasteiger partial charge in [0, 0.05) is 12.5 Å². The zero-order valence-corrected chi connectivity index (χ0v) is 9.14. The highest BCUT2D eigenvalue weighted by Crippen LogP contribution is 2.25. The van der Waals surface area contributed by atoms with E-state index in [0.717, 1.165) is 6.92 Å². The first-order valence-corrected chi connectivity index (χ1v) is 4.61. The normalized spacial score (nSPS) is 8.62. The molecule has 0 saturated carbocycles. The number of carbonyl (C=O) groups excluding carboxylic acids is 1. The molecular formula is C11H14O5. The van der Waals surface area contributed by atoms with Crippen molar-refractivity contribution in [3.8, 4) is 11.5 Å². The number of aldehydes is 1. The molecule has 2 N–H and O–H groups in total. The highest BCUT2D eigenvalue weighted by atomic mass is 16.5. The standard InChI is InChI=1S/C9H10O3.C2H4O2/c1-2-12-9-5-7(6-10)3-4-8(9)11;1-2(3)4/h3-6,11H,2H2,1H3;1H3,(H,3,4). The van der Waals surface area contributed by atoms with Gasteiger partial charge >= 0.3 is 0 Å². The van der Waals surface area contributed by atoms with E-state index in [4.69, 9.17) is 14.6 Å². The van der Waals surface area contributed by atoms with E-state index in [0.29, 0.717) is 24.2 Å². The van der Waals surface area contributed by atoms with Crippen LogP contribution in [-0.4, -0.2) is 29.1 Å². The molecule has 0 heterocycles. The average Bonchev–Trinajstić information content (AvgIpc) is 2.21. The molecule has 0 amide bonds.